The number of nitrogens with one attached hydrogen (secondary N) is 2. The molecule has 0 bridgehead atoms. The molecule has 0 aliphatic carbocycles. The van der Waals surface area contributed by atoms with Crippen LogP contribution in [0.2, 0.25) is 0 Å². The predicted octanol–water partition coefficient (Wildman–Crippen LogP) is 1.62. The molecule has 7 nitrogen and oxygen atoms in total. The van der Waals surface area contributed by atoms with E-state index in [1.807, 2.05) is 7.05 Å². The zero-order valence-electron chi connectivity index (χ0n) is 14.9. The van der Waals surface area contributed by atoms with E-state index in [-0.39, 0.29) is 0 Å². The van der Waals surface area contributed by atoms with Gasteiger partial charge < -0.3 is 10.6 Å². The molecule has 1 unspecified atom stereocenters. The van der Waals surface area contributed by atoms with Gasteiger partial charge in [-0.05, 0) is 35.5 Å². The summed E-state index contributed by atoms with van der Waals surface area (Å²) in [6.45, 7) is 7.82. The number of likely N-dealkylation sites (N-methyl/N-ethyl adjacent to an activating group) is 1. The summed E-state index contributed by atoms with van der Waals surface area (Å²) in [6, 6.07) is 2.53. The second-order valence-corrected chi connectivity index (χ2v) is 6.18. The summed E-state index contributed by atoms with van der Waals surface area (Å²) in [5.41, 5.74) is 1.35. The van der Waals surface area contributed by atoms with E-state index in [2.05, 4.69) is 61.3 Å². The van der Waals surface area contributed by atoms with Gasteiger partial charge >= 0.3 is 0 Å². The molecule has 132 valence electrons. The Morgan fingerprint density at radius 3 is 2.71 bits per heavy atom. The van der Waals surface area contributed by atoms with Crippen LogP contribution in [0.5, 0.6) is 0 Å². The van der Waals surface area contributed by atoms with Crippen molar-refractivity contribution in [1.82, 2.24) is 30.3 Å². The Hall–Kier alpha value is -1.93. The second-order valence-electron chi connectivity index (χ2n) is 5.40. The van der Waals surface area contributed by atoms with Gasteiger partial charge in [-0.2, -0.15) is 16.4 Å². The molecule has 2 heterocycles. The monoisotopic (exact) mass is 349 g/mol. The van der Waals surface area contributed by atoms with Gasteiger partial charge in [0.2, 0.25) is 0 Å². The molecule has 0 aliphatic rings. The van der Waals surface area contributed by atoms with Crippen molar-refractivity contribution in [2.24, 2.45) is 12.0 Å². The maximum Gasteiger partial charge on any atom is 0.191 e. The van der Waals surface area contributed by atoms with E-state index in [9.17, 15) is 0 Å². The van der Waals surface area contributed by atoms with E-state index in [4.69, 9.17) is 0 Å². The molecule has 0 aliphatic heterocycles. The Morgan fingerprint density at radius 2 is 2.17 bits per heavy atom. The molecular weight excluding hydrogens is 322 g/mol. The second kappa shape index (κ2) is 9.39. The third-order valence-electron chi connectivity index (χ3n) is 4.09. The quantitative estimate of drug-likeness (QED) is 0.560. The maximum absolute atomic E-state index is 4.30. The standard InChI is InChI=1S/C16H27N7S/c1-5-23(6-2)14(13-7-8-24-11-13)9-18-16(17-3)19-10-15-20-12-21-22(15)4/h7-8,11-12,14H,5-6,9-10H2,1-4H3,(H2,17,18,19). The molecule has 0 fully saturated rings. The number of aromatic nitrogens is 3. The van der Waals surface area contributed by atoms with E-state index in [0.29, 0.717) is 12.6 Å². The van der Waals surface area contributed by atoms with Crippen LogP contribution in [0.4, 0.5) is 0 Å². The van der Waals surface area contributed by atoms with Crippen LogP contribution in [0.25, 0.3) is 0 Å². The lowest BCUT2D eigenvalue weighted by atomic mass is 10.1. The van der Waals surface area contributed by atoms with Crippen molar-refractivity contribution < 1.29 is 0 Å². The minimum absolute atomic E-state index is 0.333. The first-order valence-corrected chi connectivity index (χ1v) is 9.17. The average molecular weight is 350 g/mol. The lowest BCUT2D eigenvalue weighted by molar-refractivity contribution is 0.219. The number of guanidine groups is 1. The van der Waals surface area contributed by atoms with E-state index in [1.54, 1.807) is 29.4 Å². The van der Waals surface area contributed by atoms with E-state index >= 15 is 0 Å². The molecule has 24 heavy (non-hydrogen) atoms. The summed E-state index contributed by atoms with van der Waals surface area (Å²) in [6.07, 6.45) is 1.56. The minimum atomic E-state index is 0.333. The highest BCUT2D eigenvalue weighted by molar-refractivity contribution is 7.07. The number of aliphatic imine (C=N–C) groups is 1. The Bertz CT molecular complexity index is 616. The fraction of sp³-hybridized carbons (Fsp3) is 0.562. The molecule has 0 spiro atoms. The Morgan fingerprint density at radius 1 is 1.38 bits per heavy atom. The van der Waals surface area contributed by atoms with Gasteiger partial charge in [0.15, 0.2) is 5.96 Å². The van der Waals surface area contributed by atoms with Crippen molar-refractivity contribution in [2.75, 3.05) is 26.7 Å². The van der Waals surface area contributed by atoms with Crippen molar-refractivity contribution in [1.29, 1.82) is 0 Å². The molecule has 2 N–H and O–H groups in total. The van der Waals surface area contributed by atoms with Gasteiger partial charge in [-0.1, -0.05) is 13.8 Å². The zero-order chi connectivity index (χ0) is 17.4. The SMILES string of the molecule is CCN(CC)C(CNC(=NC)NCc1ncnn1C)c1ccsc1. The van der Waals surface area contributed by atoms with Crippen molar-refractivity contribution in [2.45, 2.75) is 26.4 Å². The van der Waals surface area contributed by atoms with Gasteiger partial charge in [0, 0.05) is 20.6 Å². The fourth-order valence-electron chi connectivity index (χ4n) is 2.64. The molecular formula is C16H27N7S. The fourth-order valence-corrected chi connectivity index (χ4v) is 3.35. The molecule has 2 aromatic rings. The molecule has 1 atom stereocenters. The average Bonchev–Trinajstić information content (AvgIpc) is 3.26. The highest BCUT2D eigenvalue weighted by Gasteiger charge is 2.18. The number of rotatable bonds is 8. The van der Waals surface area contributed by atoms with Gasteiger partial charge in [-0.15, -0.1) is 0 Å². The van der Waals surface area contributed by atoms with E-state index < -0.39 is 0 Å². The number of thiophene rings is 1. The third kappa shape index (κ3) is 4.78. The summed E-state index contributed by atoms with van der Waals surface area (Å²) in [7, 11) is 3.66. The van der Waals surface area contributed by atoms with Crippen molar-refractivity contribution in [3.8, 4) is 0 Å². The van der Waals surface area contributed by atoms with Crippen LogP contribution >= 0.6 is 11.3 Å². The largest absolute Gasteiger partial charge is 0.354 e. The summed E-state index contributed by atoms with van der Waals surface area (Å²) in [5, 5.41) is 15.1. The molecule has 0 aromatic carbocycles. The summed E-state index contributed by atoms with van der Waals surface area (Å²) in [5.74, 6) is 1.64. The van der Waals surface area contributed by atoms with Gasteiger partial charge in [-0.25, -0.2) is 4.98 Å². The first kappa shape index (κ1) is 18.4. The lowest BCUT2D eigenvalue weighted by Gasteiger charge is -2.30. The van der Waals surface area contributed by atoms with E-state index in [0.717, 1.165) is 31.4 Å². The number of nitrogens with zero attached hydrogens (tertiary/aromatic N) is 5. The van der Waals surface area contributed by atoms with Crippen molar-refractivity contribution in [3.05, 3.63) is 34.5 Å². The summed E-state index contributed by atoms with van der Waals surface area (Å²) in [4.78, 5) is 11.0. The highest BCUT2D eigenvalue weighted by Crippen LogP contribution is 2.22. The summed E-state index contributed by atoms with van der Waals surface area (Å²) >= 11 is 1.74. The van der Waals surface area contributed by atoms with Crippen LogP contribution in [0.1, 0.15) is 31.3 Å². The predicted molar refractivity (Wildman–Crippen MR) is 99.2 cm³/mol. The van der Waals surface area contributed by atoms with Crippen molar-refractivity contribution >= 4 is 17.3 Å². The Labute approximate surface area is 147 Å². The Balaban J connectivity index is 1.95. The van der Waals surface area contributed by atoms with E-state index in [1.165, 1.54) is 5.56 Å². The number of aryl methyl sites for hydroxylation is 1. The molecule has 2 aromatic heterocycles. The van der Waals surface area contributed by atoms with Gasteiger partial charge in [0.05, 0.1) is 12.6 Å². The van der Waals surface area contributed by atoms with Gasteiger partial charge in [-0.3, -0.25) is 14.6 Å². The Kier molecular flexibility index (Phi) is 7.20. The van der Waals surface area contributed by atoms with Crippen LogP contribution in [0, 0.1) is 0 Å². The van der Waals surface area contributed by atoms with Crippen LogP contribution in [-0.4, -0.2) is 52.3 Å². The number of hydrogen-bond acceptors (Lipinski definition) is 5. The minimum Gasteiger partial charge on any atom is -0.354 e. The van der Waals surface area contributed by atoms with Crippen LogP contribution < -0.4 is 10.6 Å². The first-order valence-electron chi connectivity index (χ1n) is 8.23. The molecule has 0 radical (unpaired) electrons. The van der Waals surface area contributed by atoms with Crippen LogP contribution in [-0.2, 0) is 13.6 Å². The highest BCUT2D eigenvalue weighted by atomic mass is 32.1. The lowest BCUT2D eigenvalue weighted by Crippen LogP contribution is -2.43. The maximum atomic E-state index is 4.30. The van der Waals surface area contributed by atoms with Crippen LogP contribution in [0.3, 0.4) is 0 Å². The smallest absolute Gasteiger partial charge is 0.191 e. The van der Waals surface area contributed by atoms with Crippen LogP contribution in [0.15, 0.2) is 28.1 Å². The third-order valence-corrected chi connectivity index (χ3v) is 4.79. The zero-order valence-corrected chi connectivity index (χ0v) is 15.7. The van der Waals surface area contributed by atoms with Crippen molar-refractivity contribution in [3.63, 3.8) is 0 Å². The molecule has 0 saturated carbocycles. The topological polar surface area (TPSA) is 70.4 Å². The van der Waals surface area contributed by atoms with Gasteiger partial charge in [0.1, 0.15) is 12.2 Å². The molecule has 0 saturated heterocycles. The molecule has 8 heteroatoms. The first-order chi connectivity index (χ1) is 11.7. The summed E-state index contributed by atoms with van der Waals surface area (Å²) < 4.78 is 1.75. The molecule has 2 rings (SSSR count). The normalized spacial score (nSPS) is 13.3. The molecule has 0 amide bonds. The number of hydrogen-bond donors (Lipinski definition) is 2. The van der Waals surface area contributed by atoms with Gasteiger partial charge in [0.25, 0.3) is 0 Å².